The SMILES string of the molecule is C=C(C)C(=O)OC12CC3C[C@@](O)(C1)C[C@](O)(C3)C2. The third-order valence-corrected chi connectivity index (χ3v) is 4.62. The lowest BCUT2D eigenvalue weighted by atomic mass is 9.50. The molecule has 0 radical (unpaired) electrons. The van der Waals surface area contributed by atoms with Gasteiger partial charge in [0.2, 0.25) is 0 Å². The monoisotopic (exact) mass is 252 g/mol. The van der Waals surface area contributed by atoms with Crippen molar-refractivity contribution in [3.05, 3.63) is 12.2 Å². The van der Waals surface area contributed by atoms with E-state index in [-0.39, 0.29) is 5.92 Å². The molecular weight excluding hydrogens is 232 g/mol. The summed E-state index contributed by atoms with van der Waals surface area (Å²) in [5.74, 6) is -0.154. The van der Waals surface area contributed by atoms with Crippen LogP contribution in [0.2, 0.25) is 0 Å². The first kappa shape index (κ1) is 12.2. The van der Waals surface area contributed by atoms with Crippen LogP contribution in [-0.4, -0.2) is 33.0 Å². The number of hydrogen-bond donors (Lipinski definition) is 2. The van der Waals surface area contributed by atoms with Crippen LogP contribution in [0.3, 0.4) is 0 Å². The van der Waals surface area contributed by atoms with Gasteiger partial charge in [-0.05, 0) is 32.1 Å². The Labute approximate surface area is 107 Å². The fraction of sp³-hybridized carbons (Fsp3) is 0.786. The van der Waals surface area contributed by atoms with E-state index in [1.807, 2.05) is 0 Å². The quantitative estimate of drug-likeness (QED) is 0.574. The molecule has 0 spiro atoms. The Bertz CT molecular complexity index is 410. The molecule has 4 nitrogen and oxygen atoms in total. The zero-order valence-electron chi connectivity index (χ0n) is 10.7. The van der Waals surface area contributed by atoms with Gasteiger partial charge in [0.15, 0.2) is 0 Å². The Morgan fingerprint density at radius 3 is 2.17 bits per heavy atom. The van der Waals surface area contributed by atoms with Gasteiger partial charge in [0, 0.05) is 24.8 Å². The van der Waals surface area contributed by atoms with Crippen molar-refractivity contribution in [1.82, 2.24) is 0 Å². The summed E-state index contributed by atoms with van der Waals surface area (Å²) in [7, 11) is 0. The van der Waals surface area contributed by atoms with E-state index in [9.17, 15) is 15.0 Å². The summed E-state index contributed by atoms with van der Waals surface area (Å²) in [6.45, 7) is 5.21. The third-order valence-electron chi connectivity index (χ3n) is 4.62. The van der Waals surface area contributed by atoms with E-state index in [0.29, 0.717) is 24.8 Å². The molecule has 4 aliphatic rings. The number of carbonyl (C=O) groups excluding carboxylic acids is 1. The van der Waals surface area contributed by atoms with Crippen molar-refractivity contribution < 1.29 is 19.7 Å². The molecule has 0 aromatic rings. The van der Waals surface area contributed by atoms with Gasteiger partial charge >= 0.3 is 5.97 Å². The van der Waals surface area contributed by atoms with E-state index < -0.39 is 22.8 Å². The summed E-state index contributed by atoms with van der Waals surface area (Å²) in [6.07, 6.45) is 3.54. The molecule has 2 unspecified atom stereocenters. The fourth-order valence-electron chi connectivity index (χ4n) is 4.65. The fourth-order valence-corrected chi connectivity index (χ4v) is 4.65. The first-order valence-electron chi connectivity index (χ1n) is 6.57. The molecule has 4 heteroatoms. The highest BCUT2D eigenvalue weighted by Gasteiger charge is 2.64. The molecule has 0 aromatic carbocycles. The number of esters is 1. The maximum Gasteiger partial charge on any atom is 0.333 e. The predicted molar refractivity (Wildman–Crippen MR) is 64.7 cm³/mol. The van der Waals surface area contributed by atoms with Gasteiger partial charge in [-0.15, -0.1) is 0 Å². The molecule has 4 fully saturated rings. The van der Waals surface area contributed by atoms with Gasteiger partial charge in [0.1, 0.15) is 5.60 Å². The summed E-state index contributed by atoms with van der Waals surface area (Å²) in [5.41, 5.74) is -2.03. The van der Waals surface area contributed by atoms with Crippen LogP contribution in [0, 0.1) is 5.92 Å². The second-order valence-corrected chi connectivity index (χ2v) is 6.81. The molecule has 4 atom stereocenters. The lowest BCUT2D eigenvalue weighted by molar-refractivity contribution is -0.259. The summed E-state index contributed by atoms with van der Waals surface area (Å²) in [4.78, 5) is 11.8. The smallest absolute Gasteiger partial charge is 0.333 e. The zero-order valence-corrected chi connectivity index (χ0v) is 10.7. The maximum atomic E-state index is 11.8. The number of aliphatic hydroxyl groups is 2. The standard InChI is InChI=1S/C14H20O4/c1-9(2)11(15)18-14-5-10-3-12(16,7-14)6-13(17,4-10)8-14/h10,16-17H,1,3-8H2,2H3/t10?,12-,13+,14?. The lowest BCUT2D eigenvalue weighted by Gasteiger charge is -2.62. The Hall–Kier alpha value is -0.870. The first-order chi connectivity index (χ1) is 8.23. The van der Waals surface area contributed by atoms with E-state index in [2.05, 4.69) is 6.58 Å². The first-order valence-corrected chi connectivity index (χ1v) is 6.57. The van der Waals surface area contributed by atoms with Gasteiger partial charge in [0.05, 0.1) is 11.2 Å². The molecule has 2 N–H and O–H groups in total. The van der Waals surface area contributed by atoms with E-state index >= 15 is 0 Å². The minimum absolute atomic E-state index is 0.258. The minimum atomic E-state index is -0.858. The molecule has 4 saturated carbocycles. The highest BCUT2D eigenvalue weighted by molar-refractivity contribution is 5.87. The number of hydrogen-bond acceptors (Lipinski definition) is 4. The highest BCUT2D eigenvalue weighted by Crippen LogP contribution is 2.60. The molecule has 4 rings (SSSR count). The molecule has 0 aliphatic heterocycles. The van der Waals surface area contributed by atoms with Crippen molar-refractivity contribution in [2.75, 3.05) is 0 Å². The van der Waals surface area contributed by atoms with Crippen molar-refractivity contribution in [1.29, 1.82) is 0 Å². The molecular formula is C14H20O4. The second-order valence-electron chi connectivity index (χ2n) is 6.81. The third kappa shape index (κ3) is 1.79. The van der Waals surface area contributed by atoms with Crippen LogP contribution in [0.25, 0.3) is 0 Å². The molecule has 4 aliphatic carbocycles. The maximum absolute atomic E-state index is 11.8. The molecule has 18 heavy (non-hydrogen) atoms. The van der Waals surface area contributed by atoms with Crippen LogP contribution in [0.1, 0.15) is 45.4 Å². The Morgan fingerprint density at radius 1 is 1.17 bits per heavy atom. The van der Waals surface area contributed by atoms with Crippen molar-refractivity contribution in [2.45, 2.75) is 62.3 Å². The van der Waals surface area contributed by atoms with Crippen LogP contribution in [-0.2, 0) is 9.53 Å². The molecule has 0 saturated heterocycles. The molecule has 100 valence electrons. The van der Waals surface area contributed by atoms with Crippen molar-refractivity contribution >= 4 is 5.97 Å². The average Bonchev–Trinajstić information content (AvgIpc) is 2.09. The Kier molecular flexibility index (Phi) is 2.28. The van der Waals surface area contributed by atoms with E-state index in [1.54, 1.807) is 6.92 Å². The molecule has 0 heterocycles. The van der Waals surface area contributed by atoms with Crippen molar-refractivity contribution in [2.24, 2.45) is 5.92 Å². The van der Waals surface area contributed by atoms with Crippen LogP contribution in [0.5, 0.6) is 0 Å². The molecule has 0 aromatic heterocycles. The normalized spacial score (nSPS) is 49.2. The van der Waals surface area contributed by atoms with Crippen LogP contribution >= 0.6 is 0 Å². The van der Waals surface area contributed by atoms with E-state index in [0.717, 1.165) is 19.3 Å². The predicted octanol–water partition coefficient (Wildman–Crippen LogP) is 1.30. The highest BCUT2D eigenvalue weighted by atomic mass is 16.6. The summed E-state index contributed by atoms with van der Waals surface area (Å²) in [6, 6.07) is 0. The number of carbonyl (C=O) groups is 1. The largest absolute Gasteiger partial charge is 0.455 e. The van der Waals surface area contributed by atoms with Gasteiger partial charge in [-0.25, -0.2) is 4.79 Å². The summed E-state index contributed by atoms with van der Waals surface area (Å²) < 4.78 is 5.58. The second kappa shape index (κ2) is 3.36. The number of rotatable bonds is 2. The minimum Gasteiger partial charge on any atom is -0.455 e. The van der Waals surface area contributed by atoms with Gasteiger partial charge in [-0.3, -0.25) is 0 Å². The van der Waals surface area contributed by atoms with Crippen LogP contribution in [0.15, 0.2) is 12.2 Å². The van der Waals surface area contributed by atoms with E-state index in [4.69, 9.17) is 4.74 Å². The summed E-state index contributed by atoms with van der Waals surface area (Å²) in [5, 5.41) is 21.0. The topological polar surface area (TPSA) is 66.8 Å². The molecule has 4 bridgehead atoms. The van der Waals surface area contributed by atoms with E-state index in [1.165, 1.54) is 0 Å². The lowest BCUT2D eigenvalue weighted by Crippen LogP contribution is -2.66. The van der Waals surface area contributed by atoms with Gasteiger partial charge in [-0.1, -0.05) is 6.58 Å². The average molecular weight is 252 g/mol. The van der Waals surface area contributed by atoms with Crippen LogP contribution in [0.4, 0.5) is 0 Å². The van der Waals surface area contributed by atoms with Crippen molar-refractivity contribution in [3.63, 3.8) is 0 Å². The Morgan fingerprint density at radius 2 is 1.72 bits per heavy atom. The van der Waals surface area contributed by atoms with Gasteiger partial charge in [0.25, 0.3) is 0 Å². The number of ether oxygens (including phenoxy) is 1. The summed E-state index contributed by atoms with van der Waals surface area (Å²) >= 11 is 0. The van der Waals surface area contributed by atoms with Gasteiger partial charge < -0.3 is 14.9 Å². The van der Waals surface area contributed by atoms with Crippen molar-refractivity contribution in [3.8, 4) is 0 Å². The Balaban J connectivity index is 1.89. The van der Waals surface area contributed by atoms with Gasteiger partial charge in [-0.2, -0.15) is 0 Å². The zero-order chi connectivity index (χ0) is 13.2. The van der Waals surface area contributed by atoms with Crippen LogP contribution < -0.4 is 0 Å². The molecule has 0 amide bonds.